The van der Waals surface area contributed by atoms with E-state index in [9.17, 15) is 18.3 Å². The standard InChI is InChI=1S/C15H14N2O4S2/c1-17-11-7-8-22-13(11)12(18)14(23(17,20)21)15(19)16-9-10-5-3-2-4-6-10/h2-8,18H,9H2,1H3,(H,16,19). The molecular formula is C15H14N2O4S2. The van der Waals surface area contributed by atoms with Gasteiger partial charge in [-0.15, -0.1) is 11.3 Å². The molecule has 1 aromatic heterocycles. The summed E-state index contributed by atoms with van der Waals surface area (Å²) in [5.74, 6) is -1.32. The molecule has 1 aliphatic rings. The fraction of sp³-hybridized carbons (Fsp3) is 0.133. The number of hydrogen-bond acceptors (Lipinski definition) is 5. The van der Waals surface area contributed by atoms with Crippen molar-refractivity contribution in [3.8, 4) is 0 Å². The summed E-state index contributed by atoms with van der Waals surface area (Å²) >= 11 is 1.18. The van der Waals surface area contributed by atoms with Crippen molar-refractivity contribution in [2.75, 3.05) is 11.4 Å². The molecule has 0 atom stereocenters. The van der Waals surface area contributed by atoms with Gasteiger partial charge < -0.3 is 10.4 Å². The molecule has 0 fully saturated rings. The molecule has 2 heterocycles. The zero-order valence-electron chi connectivity index (χ0n) is 12.2. The first-order valence-corrected chi connectivity index (χ1v) is 9.07. The Balaban J connectivity index is 1.94. The van der Waals surface area contributed by atoms with Crippen LogP contribution in [0.1, 0.15) is 10.4 Å². The van der Waals surface area contributed by atoms with Gasteiger partial charge in [-0.2, -0.15) is 0 Å². The van der Waals surface area contributed by atoms with Gasteiger partial charge in [0.1, 0.15) is 0 Å². The minimum Gasteiger partial charge on any atom is -0.505 e. The van der Waals surface area contributed by atoms with E-state index in [1.807, 2.05) is 30.3 Å². The first-order valence-electron chi connectivity index (χ1n) is 6.75. The summed E-state index contributed by atoms with van der Waals surface area (Å²) in [6.07, 6.45) is 0. The van der Waals surface area contributed by atoms with E-state index in [2.05, 4.69) is 5.32 Å². The lowest BCUT2D eigenvalue weighted by molar-refractivity contribution is -0.117. The number of sulfonamides is 1. The van der Waals surface area contributed by atoms with Gasteiger partial charge in [0.05, 0.1) is 10.6 Å². The molecule has 0 unspecified atom stereocenters. The van der Waals surface area contributed by atoms with Crippen molar-refractivity contribution in [2.45, 2.75) is 6.54 Å². The largest absolute Gasteiger partial charge is 0.505 e. The Bertz CT molecular complexity index is 885. The van der Waals surface area contributed by atoms with Crippen LogP contribution in [0.2, 0.25) is 0 Å². The number of hydrogen-bond donors (Lipinski definition) is 2. The fourth-order valence-electron chi connectivity index (χ4n) is 2.30. The number of thiophene rings is 1. The highest BCUT2D eigenvalue weighted by Gasteiger charge is 2.40. The predicted octanol–water partition coefficient (Wildman–Crippen LogP) is 2.07. The van der Waals surface area contributed by atoms with Crippen LogP contribution >= 0.6 is 11.3 Å². The Morgan fingerprint density at radius 3 is 2.65 bits per heavy atom. The Labute approximate surface area is 137 Å². The topological polar surface area (TPSA) is 86.7 Å². The van der Waals surface area contributed by atoms with Crippen LogP contribution in [-0.2, 0) is 21.4 Å². The van der Waals surface area contributed by atoms with Crippen LogP contribution in [0.4, 0.5) is 5.69 Å². The SMILES string of the molecule is CN1c2ccsc2C(O)=C(C(=O)NCc2ccccc2)S1(=O)=O. The van der Waals surface area contributed by atoms with E-state index in [-0.39, 0.29) is 6.54 Å². The monoisotopic (exact) mass is 350 g/mol. The molecule has 0 bridgehead atoms. The second-order valence-electron chi connectivity index (χ2n) is 4.95. The van der Waals surface area contributed by atoms with Gasteiger partial charge in [0.2, 0.25) is 0 Å². The second kappa shape index (κ2) is 5.71. The summed E-state index contributed by atoms with van der Waals surface area (Å²) in [5.41, 5.74) is 1.20. The first kappa shape index (κ1) is 15.6. The van der Waals surface area contributed by atoms with Crippen LogP contribution in [0.3, 0.4) is 0 Å². The van der Waals surface area contributed by atoms with Gasteiger partial charge in [0.15, 0.2) is 10.7 Å². The number of aliphatic hydroxyl groups excluding tert-OH is 1. The van der Waals surface area contributed by atoms with E-state index in [0.29, 0.717) is 10.6 Å². The van der Waals surface area contributed by atoms with Crippen molar-refractivity contribution in [3.63, 3.8) is 0 Å². The van der Waals surface area contributed by atoms with Gasteiger partial charge in [0.25, 0.3) is 15.9 Å². The highest BCUT2D eigenvalue weighted by molar-refractivity contribution is 7.97. The maximum absolute atomic E-state index is 12.5. The van der Waals surface area contributed by atoms with Gasteiger partial charge in [0, 0.05) is 13.6 Å². The van der Waals surface area contributed by atoms with Crippen molar-refractivity contribution in [1.29, 1.82) is 0 Å². The highest BCUT2D eigenvalue weighted by atomic mass is 32.2. The third-order valence-corrected chi connectivity index (χ3v) is 6.26. The molecule has 0 aliphatic carbocycles. The quantitative estimate of drug-likeness (QED) is 0.887. The molecule has 3 rings (SSSR count). The van der Waals surface area contributed by atoms with Crippen molar-refractivity contribution in [3.05, 3.63) is 57.1 Å². The second-order valence-corrected chi connectivity index (χ2v) is 7.78. The maximum Gasteiger partial charge on any atom is 0.273 e. The Morgan fingerprint density at radius 1 is 1.26 bits per heavy atom. The number of carbonyl (C=O) groups is 1. The lowest BCUT2D eigenvalue weighted by Gasteiger charge is -2.26. The molecule has 2 aromatic rings. The van der Waals surface area contributed by atoms with Crippen molar-refractivity contribution in [2.24, 2.45) is 0 Å². The van der Waals surface area contributed by atoms with Gasteiger partial charge in [-0.05, 0) is 17.0 Å². The summed E-state index contributed by atoms with van der Waals surface area (Å²) in [6.45, 7) is 0.174. The van der Waals surface area contributed by atoms with Crippen molar-refractivity contribution >= 4 is 38.7 Å². The Kier molecular flexibility index (Phi) is 3.87. The number of aliphatic hydroxyl groups is 1. The van der Waals surface area contributed by atoms with E-state index < -0.39 is 26.6 Å². The summed E-state index contributed by atoms with van der Waals surface area (Å²) in [6, 6.07) is 10.7. The molecule has 1 aromatic carbocycles. The average molecular weight is 350 g/mol. The molecular weight excluding hydrogens is 336 g/mol. The summed E-state index contributed by atoms with van der Waals surface area (Å²) in [7, 11) is -2.72. The number of nitrogens with one attached hydrogen (secondary N) is 1. The minimum atomic E-state index is -4.08. The zero-order chi connectivity index (χ0) is 16.6. The predicted molar refractivity (Wildman–Crippen MR) is 89.5 cm³/mol. The number of anilines is 1. The van der Waals surface area contributed by atoms with Crippen LogP contribution in [0, 0.1) is 0 Å². The van der Waals surface area contributed by atoms with Gasteiger partial charge in [-0.1, -0.05) is 30.3 Å². The minimum absolute atomic E-state index is 0.174. The summed E-state index contributed by atoms with van der Waals surface area (Å²) in [4.78, 5) is 12.1. The first-order chi connectivity index (χ1) is 10.9. The number of nitrogens with zero attached hydrogens (tertiary/aromatic N) is 1. The molecule has 8 heteroatoms. The van der Waals surface area contributed by atoms with Crippen molar-refractivity contribution < 1.29 is 18.3 Å². The molecule has 0 spiro atoms. The highest BCUT2D eigenvalue weighted by Crippen LogP contribution is 2.40. The van der Waals surface area contributed by atoms with E-state index in [1.54, 1.807) is 11.4 Å². The van der Waals surface area contributed by atoms with Gasteiger partial charge in [-0.25, -0.2) is 8.42 Å². The molecule has 0 radical (unpaired) electrons. The normalized spacial score (nSPS) is 16.1. The number of benzene rings is 1. The lowest BCUT2D eigenvalue weighted by Crippen LogP contribution is -2.38. The molecule has 23 heavy (non-hydrogen) atoms. The zero-order valence-corrected chi connectivity index (χ0v) is 13.8. The third kappa shape index (κ3) is 2.60. The van der Waals surface area contributed by atoms with Crippen LogP contribution in [0.25, 0.3) is 5.76 Å². The van der Waals surface area contributed by atoms with E-state index in [0.717, 1.165) is 9.87 Å². The molecule has 0 saturated carbocycles. The van der Waals surface area contributed by atoms with Crippen molar-refractivity contribution in [1.82, 2.24) is 5.32 Å². The number of carbonyl (C=O) groups excluding carboxylic acids is 1. The summed E-state index contributed by atoms with van der Waals surface area (Å²) in [5, 5.41) is 14.5. The molecule has 2 N–H and O–H groups in total. The number of fused-ring (bicyclic) bond motifs is 1. The molecule has 0 saturated heterocycles. The van der Waals surface area contributed by atoms with E-state index >= 15 is 0 Å². The third-order valence-electron chi connectivity index (χ3n) is 3.53. The molecule has 1 amide bonds. The van der Waals surface area contributed by atoms with Crippen LogP contribution in [0.5, 0.6) is 0 Å². The molecule has 6 nitrogen and oxygen atoms in total. The Hall–Kier alpha value is -2.32. The number of amides is 1. The lowest BCUT2D eigenvalue weighted by atomic mass is 10.2. The maximum atomic E-state index is 12.5. The van der Waals surface area contributed by atoms with Crippen LogP contribution in [-0.4, -0.2) is 26.5 Å². The molecule has 120 valence electrons. The average Bonchev–Trinajstić information content (AvgIpc) is 3.02. The summed E-state index contributed by atoms with van der Waals surface area (Å²) < 4.78 is 26.0. The van der Waals surface area contributed by atoms with Crippen LogP contribution < -0.4 is 9.62 Å². The van der Waals surface area contributed by atoms with Gasteiger partial charge >= 0.3 is 0 Å². The fourth-order valence-corrected chi connectivity index (χ4v) is 4.64. The van der Waals surface area contributed by atoms with Crippen LogP contribution in [0.15, 0.2) is 46.7 Å². The van der Waals surface area contributed by atoms with Gasteiger partial charge in [-0.3, -0.25) is 9.10 Å². The molecule has 1 aliphatic heterocycles. The smallest absolute Gasteiger partial charge is 0.273 e. The van der Waals surface area contributed by atoms with E-state index in [1.165, 1.54) is 18.4 Å². The van der Waals surface area contributed by atoms with E-state index in [4.69, 9.17) is 0 Å². The Morgan fingerprint density at radius 2 is 1.96 bits per heavy atom. The number of rotatable bonds is 3.